The SMILES string of the molecule is CC(C)c1ccc(C2O[C@H](c3ccccc3)[C@@H](c3ccccc3)O2)cc1. The second kappa shape index (κ2) is 7.45. The molecule has 0 N–H and O–H groups in total. The van der Waals surface area contributed by atoms with Gasteiger partial charge in [-0.15, -0.1) is 0 Å². The quantitative estimate of drug-likeness (QED) is 0.550. The summed E-state index contributed by atoms with van der Waals surface area (Å²) in [5.74, 6) is 0.517. The molecule has 1 fully saturated rings. The molecule has 1 aliphatic rings. The highest BCUT2D eigenvalue weighted by molar-refractivity contribution is 5.29. The summed E-state index contributed by atoms with van der Waals surface area (Å²) in [5.41, 5.74) is 4.67. The molecule has 0 saturated carbocycles. The second-order valence-corrected chi connectivity index (χ2v) is 7.09. The molecule has 0 unspecified atom stereocenters. The van der Waals surface area contributed by atoms with Gasteiger partial charge in [0.1, 0.15) is 12.2 Å². The van der Waals surface area contributed by atoms with Crippen molar-refractivity contribution in [1.29, 1.82) is 0 Å². The van der Waals surface area contributed by atoms with Crippen LogP contribution >= 0.6 is 0 Å². The van der Waals surface area contributed by atoms with E-state index in [1.54, 1.807) is 0 Å². The Hall–Kier alpha value is -2.42. The van der Waals surface area contributed by atoms with Gasteiger partial charge >= 0.3 is 0 Å². The van der Waals surface area contributed by atoms with Crippen molar-refractivity contribution in [3.8, 4) is 0 Å². The van der Waals surface area contributed by atoms with Gasteiger partial charge in [-0.2, -0.15) is 0 Å². The molecule has 4 rings (SSSR count). The van der Waals surface area contributed by atoms with Gasteiger partial charge in [0.2, 0.25) is 0 Å². The smallest absolute Gasteiger partial charge is 0.185 e. The molecular formula is C24H24O2. The van der Waals surface area contributed by atoms with Gasteiger partial charge in [-0.1, -0.05) is 98.8 Å². The minimum Gasteiger partial charge on any atom is -0.337 e. The zero-order chi connectivity index (χ0) is 17.9. The topological polar surface area (TPSA) is 18.5 Å². The van der Waals surface area contributed by atoms with E-state index in [1.165, 1.54) is 5.56 Å². The monoisotopic (exact) mass is 344 g/mol. The summed E-state index contributed by atoms with van der Waals surface area (Å²) in [6.07, 6.45) is -0.589. The normalized spacial score (nSPS) is 20.6. The van der Waals surface area contributed by atoms with Gasteiger partial charge in [-0.25, -0.2) is 0 Å². The number of hydrogen-bond donors (Lipinski definition) is 0. The third-order valence-corrected chi connectivity index (χ3v) is 4.95. The van der Waals surface area contributed by atoms with Gasteiger partial charge in [0, 0.05) is 5.56 Å². The van der Waals surface area contributed by atoms with Gasteiger partial charge in [-0.3, -0.25) is 0 Å². The van der Waals surface area contributed by atoms with Crippen LogP contribution in [0.3, 0.4) is 0 Å². The molecule has 2 heteroatoms. The summed E-state index contributed by atoms with van der Waals surface area (Å²) in [6.45, 7) is 4.41. The van der Waals surface area contributed by atoms with E-state index in [0.29, 0.717) is 5.92 Å². The molecule has 0 aliphatic carbocycles. The lowest BCUT2D eigenvalue weighted by molar-refractivity contribution is -0.0698. The Balaban J connectivity index is 1.65. The van der Waals surface area contributed by atoms with Crippen molar-refractivity contribution >= 4 is 0 Å². The molecule has 2 atom stereocenters. The van der Waals surface area contributed by atoms with Gasteiger partial charge < -0.3 is 9.47 Å². The van der Waals surface area contributed by atoms with Crippen LogP contribution in [0.4, 0.5) is 0 Å². The van der Waals surface area contributed by atoms with Crippen LogP contribution in [0.5, 0.6) is 0 Å². The molecule has 0 amide bonds. The first-order valence-electron chi connectivity index (χ1n) is 9.23. The second-order valence-electron chi connectivity index (χ2n) is 7.09. The lowest BCUT2D eigenvalue weighted by Crippen LogP contribution is -2.06. The summed E-state index contributed by atoms with van der Waals surface area (Å²) in [7, 11) is 0. The number of ether oxygens (including phenoxy) is 2. The Morgan fingerprint density at radius 2 is 1.04 bits per heavy atom. The van der Waals surface area contributed by atoms with Crippen molar-refractivity contribution in [3.05, 3.63) is 107 Å². The van der Waals surface area contributed by atoms with Crippen molar-refractivity contribution < 1.29 is 9.47 Å². The Labute approximate surface area is 155 Å². The van der Waals surface area contributed by atoms with E-state index in [4.69, 9.17) is 9.47 Å². The fraction of sp³-hybridized carbons (Fsp3) is 0.250. The molecule has 2 nitrogen and oxygen atoms in total. The number of rotatable bonds is 4. The fourth-order valence-electron chi connectivity index (χ4n) is 3.43. The highest BCUT2D eigenvalue weighted by atomic mass is 16.7. The summed E-state index contributed by atoms with van der Waals surface area (Å²) in [4.78, 5) is 0. The van der Waals surface area contributed by atoms with Gasteiger partial charge in [0.05, 0.1) is 0 Å². The maximum Gasteiger partial charge on any atom is 0.185 e. The Kier molecular flexibility index (Phi) is 4.87. The highest BCUT2D eigenvalue weighted by Gasteiger charge is 2.38. The van der Waals surface area contributed by atoms with Crippen molar-refractivity contribution in [1.82, 2.24) is 0 Å². The highest BCUT2D eigenvalue weighted by Crippen LogP contribution is 2.47. The first-order chi connectivity index (χ1) is 12.7. The predicted octanol–water partition coefficient (Wildman–Crippen LogP) is 6.34. The molecule has 0 spiro atoms. The molecule has 0 bridgehead atoms. The Morgan fingerprint density at radius 3 is 1.46 bits per heavy atom. The molecule has 26 heavy (non-hydrogen) atoms. The van der Waals surface area contributed by atoms with E-state index in [9.17, 15) is 0 Å². The van der Waals surface area contributed by atoms with E-state index >= 15 is 0 Å². The van der Waals surface area contributed by atoms with Crippen LogP contribution in [-0.2, 0) is 9.47 Å². The first-order valence-corrected chi connectivity index (χ1v) is 9.23. The van der Waals surface area contributed by atoms with E-state index in [2.05, 4.69) is 62.4 Å². The Morgan fingerprint density at radius 1 is 0.577 bits per heavy atom. The first kappa shape index (κ1) is 17.0. The molecular weight excluding hydrogens is 320 g/mol. The van der Waals surface area contributed by atoms with Gasteiger partial charge in [0.15, 0.2) is 6.29 Å². The van der Waals surface area contributed by atoms with E-state index < -0.39 is 0 Å². The molecule has 3 aromatic carbocycles. The lowest BCUT2D eigenvalue weighted by Gasteiger charge is -2.17. The summed E-state index contributed by atoms with van der Waals surface area (Å²) in [6, 6.07) is 29.2. The minimum absolute atomic E-state index is 0.117. The maximum absolute atomic E-state index is 6.38. The van der Waals surface area contributed by atoms with Crippen LogP contribution in [0, 0.1) is 0 Å². The van der Waals surface area contributed by atoms with E-state index in [0.717, 1.165) is 16.7 Å². The summed E-state index contributed by atoms with van der Waals surface area (Å²) in [5, 5.41) is 0. The zero-order valence-electron chi connectivity index (χ0n) is 15.2. The molecule has 132 valence electrons. The van der Waals surface area contributed by atoms with Crippen LogP contribution in [0.15, 0.2) is 84.9 Å². The number of benzene rings is 3. The van der Waals surface area contributed by atoms with Crippen molar-refractivity contribution in [2.45, 2.75) is 38.3 Å². The average Bonchev–Trinajstić information content (AvgIpc) is 3.15. The molecule has 0 radical (unpaired) electrons. The van der Waals surface area contributed by atoms with Crippen LogP contribution in [-0.4, -0.2) is 0 Å². The van der Waals surface area contributed by atoms with Crippen molar-refractivity contribution in [3.63, 3.8) is 0 Å². The minimum atomic E-state index is -0.355. The molecule has 1 aliphatic heterocycles. The third-order valence-electron chi connectivity index (χ3n) is 4.95. The zero-order valence-corrected chi connectivity index (χ0v) is 15.2. The summed E-state index contributed by atoms with van der Waals surface area (Å²) < 4.78 is 12.8. The van der Waals surface area contributed by atoms with Crippen molar-refractivity contribution in [2.75, 3.05) is 0 Å². The lowest BCUT2D eigenvalue weighted by atomic mass is 9.99. The van der Waals surface area contributed by atoms with Crippen molar-refractivity contribution in [2.24, 2.45) is 0 Å². The van der Waals surface area contributed by atoms with E-state index in [1.807, 2.05) is 36.4 Å². The van der Waals surface area contributed by atoms with Crippen LogP contribution in [0.2, 0.25) is 0 Å². The standard InChI is InChI=1S/C24H24O2/c1-17(2)18-13-15-21(16-14-18)24-25-22(19-9-5-3-6-10-19)23(26-24)20-11-7-4-8-12-20/h3-17,22-24H,1-2H3/t22-,23-/m1/s1. The van der Waals surface area contributed by atoms with Crippen LogP contribution < -0.4 is 0 Å². The van der Waals surface area contributed by atoms with E-state index in [-0.39, 0.29) is 18.5 Å². The molecule has 0 aromatic heterocycles. The Bertz CT molecular complexity index is 778. The predicted molar refractivity (Wildman–Crippen MR) is 104 cm³/mol. The van der Waals surface area contributed by atoms with Gasteiger partial charge in [0.25, 0.3) is 0 Å². The molecule has 1 heterocycles. The fourth-order valence-corrected chi connectivity index (χ4v) is 3.43. The maximum atomic E-state index is 6.38. The van der Waals surface area contributed by atoms with Crippen LogP contribution in [0.1, 0.15) is 60.5 Å². The average molecular weight is 344 g/mol. The van der Waals surface area contributed by atoms with Crippen LogP contribution in [0.25, 0.3) is 0 Å². The molecule has 1 saturated heterocycles. The third kappa shape index (κ3) is 3.44. The summed E-state index contributed by atoms with van der Waals surface area (Å²) >= 11 is 0. The molecule has 3 aromatic rings. The van der Waals surface area contributed by atoms with Gasteiger partial charge in [-0.05, 0) is 22.6 Å². The largest absolute Gasteiger partial charge is 0.337 e. The number of hydrogen-bond acceptors (Lipinski definition) is 2.